The fourth-order valence-electron chi connectivity index (χ4n) is 3.49. The van der Waals surface area contributed by atoms with E-state index in [1.165, 1.54) is 18.6 Å². The molecule has 0 aromatic heterocycles. The molecule has 33 heavy (non-hydrogen) atoms. The summed E-state index contributed by atoms with van der Waals surface area (Å²) in [5.41, 5.74) is 2.16. The van der Waals surface area contributed by atoms with Crippen molar-refractivity contribution in [3.05, 3.63) is 69.7 Å². The van der Waals surface area contributed by atoms with Crippen LogP contribution in [0.15, 0.2) is 36.4 Å². The van der Waals surface area contributed by atoms with Gasteiger partial charge in [0.1, 0.15) is 17.7 Å². The minimum atomic E-state index is -0.519. The van der Waals surface area contributed by atoms with Crippen LogP contribution in [0.3, 0.4) is 0 Å². The molecular formula is C27H35ClF2N2O. The maximum atomic E-state index is 12.6. The second kappa shape index (κ2) is 14.0. The third kappa shape index (κ3) is 9.14. The molecule has 1 fully saturated rings. The smallest absolute Gasteiger partial charge is 0.223 e. The first kappa shape index (κ1) is 28.6. The number of likely N-dealkylation sites (tertiary alicyclic amines) is 1. The van der Waals surface area contributed by atoms with Crippen LogP contribution >= 0.6 is 11.6 Å². The number of rotatable bonds is 4. The van der Waals surface area contributed by atoms with E-state index in [2.05, 4.69) is 27.7 Å². The van der Waals surface area contributed by atoms with Crippen LogP contribution in [0.1, 0.15) is 64.2 Å². The van der Waals surface area contributed by atoms with Crippen molar-refractivity contribution < 1.29 is 13.6 Å². The van der Waals surface area contributed by atoms with E-state index >= 15 is 0 Å². The van der Waals surface area contributed by atoms with Crippen LogP contribution in [0.2, 0.25) is 5.02 Å². The summed E-state index contributed by atoms with van der Waals surface area (Å²) in [6.45, 7) is 13.4. The van der Waals surface area contributed by atoms with Gasteiger partial charge in [-0.1, -0.05) is 50.9 Å². The zero-order chi connectivity index (χ0) is 25.1. The Bertz CT molecular complexity index is 956. The molecule has 0 N–H and O–H groups in total. The second-order valence-electron chi connectivity index (χ2n) is 8.67. The fraction of sp³-hybridized carbons (Fsp3) is 0.481. The van der Waals surface area contributed by atoms with Gasteiger partial charge in [-0.3, -0.25) is 4.79 Å². The summed E-state index contributed by atoms with van der Waals surface area (Å²) < 4.78 is 24.9. The van der Waals surface area contributed by atoms with Crippen molar-refractivity contribution in [2.75, 3.05) is 6.54 Å². The van der Waals surface area contributed by atoms with Crippen molar-refractivity contribution >= 4 is 17.5 Å². The lowest BCUT2D eigenvalue weighted by Gasteiger charge is -2.22. The van der Waals surface area contributed by atoms with Crippen LogP contribution in [-0.4, -0.2) is 23.4 Å². The number of aryl methyl sites for hydroxylation is 2. The number of carbonyl (C=O) groups is 1. The molecule has 0 bridgehead atoms. The number of nitrogens with zero attached hydrogens (tertiary/aromatic N) is 2. The van der Waals surface area contributed by atoms with E-state index in [-0.39, 0.29) is 0 Å². The molecule has 1 aliphatic rings. The first-order valence-corrected chi connectivity index (χ1v) is 11.8. The minimum absolute atomic E-state index is 0.348. The van der Waals surface area contributed by atoms with E-state index in [1.54, 1.807) is 12.1 Å². The quantitative estimate of drug-likeness (QED) is 0.463. The van der Waals surface area contributed by atoms with Crippen molar-refractivity contribution in [1.82, 2.24) is 4.90 Å². The summed E-state index contributed by atoms with van der Waals surface area (Å²) in [6, 6.07) is 11.4. The Kier molecular flexibility index (Phi) is 12.1. The van der Waals surface area contributed by atoms with Crippen molar-refractivity contribution in [2.45, 2.75) is 66.8 Å². The Hall–Kier alpha value is -2.45. The third-order valence-corrected chi connectivity index (χ3v) is 6.21. The number of hydrogen-bond donors (Lipinski definition) is 0. The number of hydrogen-bond acceptors (Lipinski definition) is 2. The van der Waals surface area contributed by atoms with Crippen LogP contribution in [0, 0.1) is 41.7 Å². The zero-order valence-corrected chi connectivity index (χ0v) is 21.2. The molecule has 2 unspecified atom stereocenters. The highest BCUT2D eigenvalue weighted by molar-refractivity contribution is 6.31. The van der Waals surface area contributed by atoms with E-state index < -0.39 is 11.6 Å². The Labute approximate surface area is 202 Å². The minimum Gasteiger partial charge on any atom is -0.340 e. The van der Waals surface area contributed by atoms with Gasteiger partial charge in [-0.05, 0) is 68.4 Å². The first-order valence-electron chi connectivity index (χ1n) is 11.4. The van der Waals surface area contributed by atoms with Crippen LogP contribution < -0.4 is 0 Å². The van der Waals surface area contributed by atoms with Crippen molar-refractivity contribution in [2.24, 2.45) is 11.8 Å². The lowest BCUT2D eigenvalue weighted by atomic mass is 9.91. The van der Waals surface area contributed by atoms with Crippen LogP contribution in [-0.2, 0) is 11.2 Å². The highest BCUT2D eigenvalue weighted by Gasteiger charge is 2.33. The van der Waals surface area contributed by atoms with Gasteiger partial charge < -0.3 is 4.90 Å². The third-order valence-electron chi connectivity index (χ3n) is 5.90. The molecule has 1 aliphatic heterocycles. The van der Waals surface area contributed by atoms with Gasteiger partial charge in [0.05, 0.1) is 10.6 Å². The van der Waals surface area contributed by atoms with Crippen LogP contribution in [0.4, 0.5) is 8.78 Å². The predicted molar refractivity (Wildman–Crippen MR) is 131 cm³/mol. The second-order valence-corrected chi connectivity index (χ2v) is 9.08. The van der Waals surface area contributed by atoms with Gasteiger partial charge in [-0.2, -0.15) is 5.26 Å². The van der Waals surface area contributed by atoms with Crippen molar-refractivity contribution in [3.63, 3.8) is 0 Å². The summed E-state index contributed by atoms with van der Waals surface area (Å²) >= 11 is 5.71. The molecule has 2 aromatic rings. The highest BCUT2D eigenvalue weighted by Crippen LogP contribution is 2.28. The number of carbonyl (C=O) groups excluding carboxylic acids is 1. The number of benzene rings is 2. The van der Waals surface area contributed by atoms with E-state index in [0.717, 1.165) is 24.6 Å². The van der Waals surface area contributed by atoms with Gasteiger partial charge in [0.2, 0.25) is 5.91 Å². The summed E-state index contributed by atoms with van der Waals surface area (Å²) in [6.07, 6.45) is 2.56. The molecule has 0 aliphatic carbocycles. The fourth-order valence-corrected chi connectivity index (χ4v) is 3.77. The van der Waals surface area contributed by atoms with Crippen LogP contribution in [0.25, 0.3) is 0 Å². The first-order chi connectivity index (χ1) is 15.5. The van der Waals surface area contributed by atoms with Gasteiger partial charge in [0.15, 0.2) is 0 Å². The number of amides is 1. The van der Waals surface area contributed by atoms with Crippen LogP contribution in [0.5, 0.6) is 0 Å². The Morgan fingerprint density at radius 1 is 1.15 bits per heavy atom. The molecule has 2 aromatic carbocycles. The molecule has 3 rings (SSSR count). The molecule has 1 saturated heterocycles. The molecule has 6 heteroatoms. The predicted octanol–water partition coefficient (Wildman–Crippen LogP) is 7.34. The van der Waals surface area contributed by atoms with E-state index in [4.69, 9.17) is 16.9 Å². The van der Waals surface area contributed by atoms with Gasteiger partial charge in [0.25, 0.3) is 0 Å². The summed E-state index contributed by atoms with van der Waals surface area (Å²) in [5, 5.41) is 9.00. The molecule has 1 amide bonds. The van der Waals surface area contributed by atoms with Gasteiger partial charge in [-0.15, -0.1) is 0 Å². The molecule has 0 radical (unpaired) electrons. The normalized spacial score (nSPS) is 15.8. The zero-order valence-electron chi connectivity index (χ0n) is 20.5. The lowest BCUT2D eigenvalue weighted by Crippen LogP contribution is -2.32. The maximum absolute atomic E-state index is 12.6. The summed E-state index contributed by atoms with van der Waals surface area (Å²) in [5.74, 6) is 0.658. The molecule has 0 saturated carbocycles. The van der Waals surface area contributed by atoms with Gasteiger partial charge in [0, 0.05) is 25.1 Å². The SMILES string of the molecule is CCC(C)C1CC(=O)N(C(C)C)C1.CCc1ccc(F)cc1F.Cc1ccc(C#N)c(Cl)c1. The summed E-state index contributed by atoms with van der Waals surface area (Å²) in [4.78, 5) is 13.6. The topological polar surface area (TPSA) is 44.1 Å². The Morgan fingerprint density at radius 3 is 2.27 bits per heavy atom. The largest absolute Gasteiger partial charge is 0.340 e. The average Bonchev–Trinajstić information content (AvgIpc) is 3.16. The summed E-state index contributed by atoms with van der Waals surface area (Å²) in [7, 11) is 0. The lowest BCUT2D eigenvalue weighted by molar-refractivity contribution is -0.129. The molecule has 180 valence electrons. The molecule has 0 spiro atoms. The maximum Gasteiger partial charge on any atom is 0.223 e. The molecule has 1 heterocycles. The van der Waals surface area contributed by atoms with Crippen molar-refractivity contribution in [1.29, 1.82) is 5.26 Å². The van der Waals surface area contributed by atoms with Crippen molar-refractivity contribution in [3.8, 4) is 6.07 Å². The number of halogens is 3. The standard InChI is InChI=1S/C11H21NO.C8H6ClN.C8H8F2/c1-5-9(4)10-6-11(13)12(7-10)8(2)3;1-6-2-3-7(5-10)8(9)4-6;1-2-6-3-4-7(9)5-8(6)10/h8-10H,5-7H2,1-4H3;2-4H,1H3;3-5H,2H2,1H3. The number of nitriles is 1. The van der Waals surface area contributed by atoms with E-state index in [0.29, 0.717) is 46.4 Å². The molecular weight excluding hydrogens is 442 g/mol. The van der Waals surface area contributed by atoms with E-state index in [9.17, 15) is 13.6 Å². The van der Waals surface area contributed by atoms with Gasteiger partial charge in [-0.25, -0.2) is 8.78 Å². The Balaban J connectivity index is 0.000000251. The highest BCUT2D eigenvalue weighted by atomic mass is 35.5. The van der Waals surface area contributed by atoms with Gasteiger partial charge >= 0.3 is 0 Å². The molecule has 3 nitrogen and oxygen atoms in total. The van der Waals surface area contributed by atoms with E-state index in [1.807, 2.05) is 30.9 Å². The monoisotopic (exact) mass is 476 g/mol. The molecule has 2 atom stereocenters. The Morgan fingerprint density at radius 2 is 1.82 bits per heavy atom. The average molecular weight is 477 g/mol.